The van der Waals surface area contributed by atoms with Crippen LogP contribution in [0.1, 0.15) is 182 Å². The lowest BCUT2D eigenvalue weighted by Gasteiger charge is -2.39. The van der Waals surface area contributed by atoms with Crippen molar-refractivity contribution in [2.24, 2.45) is 17.8 Å². The van der Waals surface area contributed by atoms with E-state index in [9.17, 15) is 58.5 Å². The van der Waals surface area contributed by atoms with Crippen LogP contribution in [0.3, 0.4) is 0 Å². The molecule has 6 aliphatic heterocycles. The SMILES string of the molecule is Cc1ncsc1-c1ccc(CCC(=O)C2(C)C[C@@H](O)CN2C(=O)[C@H](C(C)C)N2Cc3ccccc3C2=O)cc1.Cc1ncsc1-c1ccc(CCC(=O)C2(C)C[C@@H](O)CN2C(=O)[C@H](C(C)C)N2Cc3ccccc3C2=O)cc1.Cc1ncsc1-c1ccc(CCC(=O)C2(C)C[C@@H](O)CN2C(=O)[C@H](C(C)C)N2Cc3ccccc3C2=O)cc1. The summed E-state index contributed by atoms with van der Waals surface area (Å²) in [7, 11) is 0. The van der Waals surface area contributed by atoms with Crippen molar-refractivity contribution in [3.63, 3.8) is 0 Å². The Morgan fingerprint density at radius 1 is 0.385 bits per heavy atom. The number of ketones is 3. The third kappa shape index (κ3) is 17.3. The Morgan fingerprint density at radius 2 is 0.624 bits per heavy atom. The summed E-state index contributed by atoms with van der Waals surface area (Å²) in [6.07, 6.45) is 0.620. The standard InChI is InChI=1S/3C31H35N3O4S/c3*1-19(2)27(33-16-23-7-5-6-8-25(23)29(33)37)30(38)34-17-24(35)15-31(34,4)26(36)14-11-21-9-12-22(13-10-21)28-20(3)32-18-39-28/h3*5-10,12-13,18-19,24,27,35H,11,14-17H2,1-4H3/t3*24-,27+,31?/m111/s1. The molecule has 9 atom stereocenters. The number of carbonyl (C=O) groups excluding carboxylic acids is 9. The number of thiazole rings is 3. The third-order valence-corrected chi connectivity index (χ3v) is 27.4. The molecule has 6 aromatic carbocycles. The Labute approximate surface area is 696 Å². The number of rotatable bonds is 24. The van der Waals surface area contributed by atoms with Crippen molar-refractivity contribution in [1.82, 2.24) is 44.4 Å². The normalized spacial score (nSPS) is 21.5. The fourth-order valence-corrected chi connectivity index (χ4v) is 20.5. The van der Waals surface area contributed by atoms with Crippen molar-refractivity contribution in [2.75, 3.05) is 19.6 Å². The van der Waals surface area contributed by atoms with Crippen molar-refractivity contribution < 1.29 is 58.5 Å². The van der Waals surface area contributed by atoms with Crippen LogP contribution in [0.2, 0.25) is 0 Å². The number of β-amino-alcohol motifs (C(OH)–C–C–N with tert-alkyl or cyclic N) is 3. The Balaban J connectivity index is 0.000000152. The minimum Gasteiger partial charge on any atom is -0.391 e. The lowest BCUT2D eigenvalue weighted by atomic mass is 9.87. The second-order valence-electron chi connectivity index (χ2n) is 33.7. The Hall–Kier alpha value is -10.1. The number of Topliss-reactive ketones (excluding diaryl/α,β-unsaturated/α-hetero) is 3. The maximum absolute atomic E-state index is 14.1. The van der Waals surface area contributed by atoms with Gasteiger partial charge in [-0.05, 0) is 147 Å². The number of likely N-dealkylation sites (tertiary alicyclic amines) is 3. The second kappa shape index (κ2) is 35.2. The summed E-state index contributed by atoms with van der Waals surface area (Å²) in [6, 6.07) is 44.6. The minimum absolute atomic E-state index is 0.0756. The Kier molecular flexibility index (Phi) is 25.5. The zero-order valence-corrected chi connectivity index (χ0v) is 71.1. The first kappa shape index (κ1) is 84.8. The highest BCUT2D eigenvalue weighted by atomic mass is 32.1. The van der Waals surface area contributed by atoms with Crippen molar-refractivity contribution in [3.05, 3.63) is 229 Å². The van der Waals surface area contributed by atoms with Crippen LogP contribution in [0.4, 0.5) is 0 Å². The predicted molar refractivity (Wildman–Crippen MR) is 454 cm³/mol. The molecule has 0 aliphatic carbocycles. The van der Waals surface area contributed by atoms with Gasteiger partial charge >= 0.3 is 0 Å². The number of aryl methyl sites for hydroxylation is 6. The van der Waals surface area contributed by atoms with Gasteiger partial charge < -0.3 is 44.7 Å². The Bertz CT molecular complexity index is 4700. The van der Waals surface area contributed by atoms with Crippen LogP contribution in [-0.2, 0) is 67.7 Å². The van der Waals surface area contributed by atoms with E-state index in [1.807, 2.05) is 170 Å². The number of fused-ring (bicyclic) bond motifs is 3. The van der Waals surface area contributed by atoms with E-state index in [4.69, 9.17) is 0 Å². The summed E-state index contributed by atoms with van der Waals surface area (Å²) in [5.74, 6) is -2.02. The van der Waals surface area contributed by atoms with Gasteiger partial charge in [0.25, 0.3) is 17.7 Å². The molecular formula is C93H105N9O12S3. The highest BCUT2D eigenvalue weighted by Crippen LogP contribution is 2.42. The van der Waals surface area contributed by atoms with Crippen molar-refractivity contribution in [1.29, 1.82) is 0 Å². The van der Waals surface area contributed by atoms with Gasteiger partial charge in [-0.25, -0.2) is 15.0 Å². The van der Waals surface area contributed by atoms with Gasteiger partial charge in [0, 0.05) is 94.5 Å². The molecule has 3 N–H and O–H groups in total. The smallest absolute Gasteiger partial charge is 0.255 e. The van der Waals surface area contributed by atoms with Crippen molar-refractivity contribution in [2.45, 2.75) is 214 Å². The number of nitrogens with zero attached hydrogens (tertiary/aromatic N) is 9. The summed E-state index contributed by atoms with van der Waals surface area (Å²) in [6.45, 7) is 24.1. The number of aromatic nitrogens is 3. The summed E-state index contributed by atoms with van der Waals surface area (Å²) in [4.78, 5) is 149. The topological polar surface area (TPSA) is 272 Å². The maximum Gasteiger partial charge on any atom is 0.255 e. The third-order valence-electron chi connectivity index (χ3n) is 24.5. The van der Waals surface area contributed by atoms with Crippen LogP contribution in [0, 0.1) is 38.5 Å². The van der Waals surface area contributed by atoms with E-state index in [1.165, 1.54) is 14.7 Å². The first-order valence-electron chi connectivity index (χ1n) is 40.5. The van der Waals surface area contributed by atoms with Gasteiger partial charge in [-0.1, -0.05) is 169 Å². The monoisotopic (exact) mass is 1640 g/mol. The summed E-state index contributed by atoms with van der Waals surface area (Å²) in [5.41, 5.74) is 16.1. The van der Waals surface area contributed by atoms with Gasteiger partial charge in [-0.2, -0.15) is 0 Å². The Morgan fingerprint density at radius 3 is 0.838 bits per heavy atom. The quantitative estimate of drug-likeness (QED) is 0.0507. The van der Waals surface area contributed by atoms with Crippen molar-refractivity contribution in [3.8, 4) is 31.3 Å². The fourth-order valence-electron chi connectivity index (χ4n) is 18.0. The first-order valence-corrected chi connectivity index (χ1v) is 43.2. The van der Waals surface area contributed by atoms with Crippen LogP contribution in [0.25, 0.3) is 31.3 Å². The van der Waals surface area contributed by atoms with Crippen LogP contribution in [-0.4, -0.2) is 185 Å². The van der Waals surface area contributed by atoms with Gasteiger partial charge in [-0.15, -0.1) is 34.0 Å². The van der Waals surface area contributed by atoms with Gasteiger partial charge in [0.2, 0.25) is 17.7 Å². The molecule has 6 aliphatic rings. The number of aliphatic hydroxyl groups excluding tert-OH is 3. The number of amides is 6. The molecule has 0 radical (unpaired) electrons. The van der Waals surface area contributed by atoms with Crippen LogP contribution >= 0.6 is 34.0 Å². The lowest BCUT2D eigenvalue weighted by Crippen LogP contribution is -2.58. The molecule has 3 fully saturated rings. The lowest BCUT2D eigenvalue weighted by molar-refractivity contribution is -0.147. The molecule has 15 rings (SSSR count). The number of benzene rings is 6. The van der Waals surface area contributed by atoms with Crippen molar-refractivity contribution >= 4 is 86.8 Å². The van der Waals surface area contributed by atoms with Crippen LogP contribution < -0.4 is 0 Å². The van der Waals surface area contributed by atoms with Crippen LogP contribution in [0.15, 0.2) is 162 Å². The molecule has 117 heavy (non-hydrogen) atoms. The second-order valence-corrected chi connectivity index (χ2v) is 36.3. The molecule has 24 heteroatoms. The molecule has 6 amide bonds. The van der Waals surface area contributed by atoms with Gasteiger partial charge in [-0.3, -0.25) is 43.2 Å². The highest BCUT2D eigenvalue weighted by molar-refractivity contribution is 7.14. The molecular weight excluding hydrogens is 1530 g/mol. The molecule has 612 valence electrons. The van der Waals surface area contributed by atoms with E-state index in [1.54, 1.807) is 87.7 Å². The fraction of sp³-hybridized carbons (Fsp3) is 0.419. The van der Waals surface area contributed by atoms with E-state index in [0.717, 1.165) is 81.8 Å². The van der Waals surface area contributed by atoms with E-state index < -0.39 is 53.1 Å². The molecule has 3 unspecified atom stereocenters. The highest BCUT2D eigenvalue weighted by Gasteiger charge is 2.56. The van der Waals surface area contributed by atoms with E-state index in [2.05, 4.69) is 51.4 Å². The first-order chi connectivity index (χ1) is 55.8. The number of carbonyl (C=O) groups is 9. The average molecular weight is 1640 g/mol. The van der Waals surface area contributed by atoms with Gasteiger partial charge in [0.05, 0.1) is 66.6 Å². The number of aliphatic hydroxyl groups is 3. The minimum atomic E-state index is -1.13. The molecule has 9 heterocycles. The van der Waals surface area contributed by atoms with Gasteiger partial charge in [0.15, 0.2) is 17.3 Å². The van der Waals surface area contributed by atoms with E-state index in [-0.39, 0.29) is 129 Å². The number of hydrogen-bond donors (Lipinski definition) is 3. The molecule has 0 saturated carbocycles. The van der Waals surface area contributed by atoms with E-state index >= 15 is 0 Å². The zero-order chi connectivity index (χ0) is 83.7. The summed E-state index contributed by atoms with van der Waals surface area (Å²) >= 11 is 4.82. The van der Waals surface area contributed by atoms with Crippen LogP contribution in [0.5, 0.6) is 0 Å². The average Bonchev–Trinajstić information content (AvgIpc) is 1.64. The molecule has 0 spiro atoms. The van der Waals surface area contributed by atoms with Gasteiger partial charge in [0.1, 0.15) is 34.7 Å². The molecule has 0 bridgehead atoms. The molecule has 9 aromatic rings. The van der Waals surface area contributed by atoms with E-state index in [0.29, 0.717) is 55.6 Å². The summed E-state index contributed by atoms with van der Waals surface area (Å²) in [5, 5.41) is 31.8. The summed E-state index contributed by atoms with van der Waals surface area (Å²) < 4.78 is 0. The molecule has 21 nitrogen and oxygen atoms in total. The maximum atomic E-state index is 14.1. The largest absolute Gasteiger partial charge is 0.391 e. The number of hydrogen-bond acceptors (Lipinski definition) is 18. The molecule has 3 aromatic heterocycles. The zero-order valence-electron chi connectivity index (χ0n) is 68.7. The predicted octanol–water partition coefficient (Wildman–Crippen LogP) is 14.0. The molecule has 3 saturated heterocycles.